The second kappa shape index (κ2) is 12.2. The number of rotatable bonds is 7. The molecule has 9 nitrogen and oxygen atoms in total. The van der Waals surface area contributed by atoms with Crippen LogP contribution in [0, 0.1) is 11.3 Å². The zero-order valence-corrected chi connectivity index (χ0v) is 24.8. The van der Waals surface area contributed by atoms with E-state index in [4.69, 9.17) is 26.3 Å². The Bertz CT molecular complexity index is 1530. The largest absolute Gasteiger partial charge is 0.462 e. The molecule has 1 amide bonds. The smallest absolute Gasteiger partial charge is 0.318 e. The molecule has 10 heteroatoms. The summed E-state index contributed by atoms with van der Waals surface area (Å²) in [5.41, 5.74) is 3.12. The number of hydrogen-bond acceptors (Lipinski definition) is 8. The van der Waals surface area contributed by atoms with Crippen molar-refractivity contribution in [3.05, 3.63) is 65.3 Å². The molecule has 1 aromatic heterocycles. The molecule has 3 aromatic rings. The summed E-state index contributed by atoms with van der Waals surface area (Å²) in [4.78, 5) is 31.1. The van der Waals surface area contributed by atoms with Crippen molar-refractivity contribution in [2.45, 2.75) is 44.3 Å². The van der Waals surface area contributed by atoms with Gasteiger partial charge in [0.2, 0.25) is 5.91 Å². The van der Waals surface area contributed by atoms with Crippen LogP contribution in [0.3, 0.4) is 0 Å². The van der Waals surface area contributed by atoms with E-state index in [1.54, 1.807) is 4.90 Å². The summed E-state index contributed by atoms with van der Waals surface area (Å²) >= 11 is 6.69. The third-order valence-electron chi connectivity index (χ3n) is 8.84. The van der Waals surface area contributed by atoms with Gasteiger partial charge in [0, 0.05) is 48.9 Å². The minimum absolute atomic E-state index is 0.145. The third kappa shape index (κ3) is 5.49. The van der Waals surface area contributed by atoms with Crippen molar-refractivity contribution in [3.63, 3.8) is 0 Å². The number of hydrogen-bond donors (Lipinski definition) is 0. The predicted molar refractivity (Wildman–Crippen MR) is 165 cm³/mol. The summed E-state index contributed by atoms with van der Waals surface area (Å²) in [6.07, 6.45) is 4.59. The Balaban J connectivity index is 1.34. The number of aromatic nitrogens is 2. The van der Waals surface area contributed by atoms with E-state index in [0.29, 0.717) is 44.8 Å². The van der Waals surface area contributed by atoms with Crippen molar-refractivity contribution < 1.29 is 9.53 Å². The number of ether oxygens (including phenoxy) is 1. The van der Waals surface area contributed by atoms with Crippen LogP contribution in [0.15, 0.2) is 49.1 Å². The van der Waals surface area contributed by atoms with Gasteiger partial charge >= 0.3 is 6.01 Å². The molecule has 0 aliphatic carbocycles. The summed E-state index contributed by atoms with van der Waals surface area (Å²) in [5, 5.41) is 12.4. The van der Waals surface area contributed by atoms with E-state index in [1.807, 2.05) is 12.1 Å². The third-order valence-corrected chi connectivity index (χ3v) is 9.15. The fourth-order valence-corrected chi connectivity index (χ4v) is 6.83. The molecule has 2 aromatic carbocycles. The van der Waals surface area contributed by atoms with Crippen LogP contribution in [0.5, 0.6) is 6.01 Å². The van der Waals surface area contributed by atoms with Crippen LogP contribution >= 0.6 is 11.6 Å². The number of carbonyl (C=O) groups is 1. The molecule has 2 saturated heterocycles. The van der Waals surface area contributed by atoms with Gasteiger partial charge in [-0.1, -0.05) is 42.4 Å². The van der Waals surface area contributed by atoms with Gasteiger partial charge in [-0.2, -0.15) is 15.2 Å². The minimum Gasteiger partial charge on any atom is -0.462 e. The van der Waals surface area contributed by atoms with Crippen molar-refractivity contribution >= 4 is 39.8 Å². The molecule has 0 bridgehead atoms. The quantitative estimate of drug-likeness (QED) is 0.376. The fourth-order valence-electron chi connectivity index (χ4n) is 6.56. The molecule has 4 heterocycles. The van der Waals surface area contributed by atoms with Gasteiger partial charge in [-0.05, 0) is 56.4 Å². The van der Waals surface area contributed by atoms with Crippen molar-refractivity contribution in [1.29, 1.82) is 5.26 Å². The number of anilines is 2. The molecule has 2 atom stereocenters. The van der Waals surface area contributed by atoms with Crippen molar-refractivity contribution in [2.75, 3.05) is 56.2 Å². The molecule has 0 N–H and O–H groups in total. The van der Waals surface area contributed by atoms with E-state index in [2.05, 4.69) is 58.7 Å². The van der Waals surface area contributed by atoms with E-state index in [9.17, 15) is 10.1 Å². The van der Waals surface area contributed by atoms with Gasteiger partial charge in [0.05, 0.1) is 35.8 Å². The number of nitriles is 1. The Hall–Kier alpha value is -3.87. The molecule has 3 aliphatic rings. The number of amides is 1. The first kappa shape index (κ1) is 28.3. The van der Waals surface area contributed by atoms with Crippen LogP contribution in [0.1, 0.15) is 30.5 Å². The first-order valence-electron chi connectivity index (χ1n) is 14.7. The maximum absolute atomic E-state index is 12.5. The molecule has 0 radical (unpaired) electrons. The van der Waals surface area contributed by atoms with E-state index >= 15 is 0 Å². The molecule has 6 rings (SSSR count). The number of likely N-dealkylation sites (N-methyl/N-ethyl adjacent to an activating group) is 1. The van der Waals surface area contributed by atoms with Gasteiger partial charge in [-0.25, -0.2) is 0 Å². The number of carbonyl (C=O) groups excluding carboxylic acids is 1. The predicted octanol–water partition coefficient (Wildman–Crippen LogP) is 4.44. The Kier molecular flexibility index (Phi) is 8.18. The Labute approximate surface area is 251 Å². The van der Waals surface area contributed by atoms with Gasteiger partial charge in [-0.15, -0.1) is 0 Å². The van der Waals surface area contributed by atoms with Crippen LogP contribution in [-0.4, -0.2) is 84.1 Å². The molecule has 0 spiro atoms. The van der Waals surface area contributed by atoms with Crippen LogP contribution in [0.2, 0.25) is 5.02 Å². The van der Waals surface area contributed by atoms with Crippen LogP contribution in [0.4, 0.5) is 11.5 Å². The Morgan fingerprint density at radius 3 is 2.74 bits per heavy atom. The molecule has 218 valence electrons. The number of likely N-dealkylation sites (tertiary alicyclic amines) is 1. The number of piperazine rings is 1. The van der Waals surface area contributed by atoms with E-state index in [-0.39, 0.29) is 18.4 Å². The normalized spacial score (nSPS) is 20.8. The molecular formula is C32H36ClN7O2. The van der Waals surface area contributed by atoms with E-state index in [1.165, 1.54) is 6.08 Å². The van der Waals surface area contributed by atoms with Crippen molar-refractivity contribution in [1.82, 2.24) is 19.8 Å². The number of benzene rings is 2. The second-order valence-corrected chi connectivity index (χ2v) is 11.7. The van der Waals surface area contributed by atoms with Crippen molar-refractivity contribution in [2.24, 2.45) is 0 Å². The molecule has 0 saturated carbocycles. The molecular weight excluding hydrogens is 550 g/mol. The Morgan fingerprint density at radius 1 is 1.14 bits per heavy atom. The summed E-state index contributed by atoms with van der Waals surface area (Å²) in [5.74, 6) is 0.702. The lowest BCUT2D eigenvalue weighted by Gasteiger charge is -2.42. The fraction of sp³-hybridized carbons (Fsp3) is 0.438. The van der Waals surface area contributed by atoms with Gasteiger partial charge in [0.25, 0.3) is 0 Å². The lowest BCUT2D eigenvalue weighted by Crippen LogP contribution is -2.55. The zero-order chi connectivity index (χ0) is 29.2. The van der Waals surface area contributed by atoms with Gasteiger partial charge in [0.1, 0.15) is 12.4 Å². The van der Waals surface area contributed by atoms with Crippen LogP contribution in [-0.2, 0) is 17.8 Å². The lowest BCUT2D eigenvalue weighted by atomic mass is 10.0. The van der Waals surface area contributed by atoms with Crippen LogP contribution in [0.25, 0.3) is 10.8 Å². The average Bonchev–Trinajstić information content (AvgIpc) is 3.43. The first-order chi connectivity index (χ1) is 20.5. The molecule has 2 fully saturated rings. The number of fused-ring (bicyclic) bond motifs is 2. The highest BCUT2D eigenvalue weighted by molar-refractivity contribution is 6.36. The van der Waals surface area contributed by atoms with E-state index < -0.39 is 0 Å². The highest BCUT2D eigenvalue weighted by Gasteiger charge is 2.33. The maximum atomic E-state index is 12.5. The van der Waals surface area contributed by atoms with Gasteiger partial charge < -0.3 is 24.3 Å². The Morgan fingerprint density at radius 2 is 1.98 bits per heavy atom. The summed E-state index contributed by atoms with van der Waals surface area (Å²) < 4.78 is 6.28. The van der Waals surface area contributed by atoms with Crippen molar-refractivity contribution in [3.8, 4) is 12.1 Å². The summed E-state index contributed by atoms with van der Waals surface area (Å²) in [7, 11) is 2.13. The lowest BCUT2D eigenvalue weighted by molar-refractivity contribution is -0.128. The summed E-state index contributed by atoms with van der Waals surface area (Å²) in [6, 6.07) is 15.0. The number of nitrogens with zero attached hydrogens (tertiary/aromatic N) is 7. The zero-order valence-electron chi connectivity index (χ0n) is 24.0. The highest BCUT2D eigenvalue weighted by atomic mass is 35.5. The molecule has 3 aliphatic heterocycles. The first-order valence-corrected chi connectivity index (χ1v) is 15.0. The SMILES string of the molecule is C=CC(=O)N1CCN(c2nc(OC[C@@H]3CCCN3C)nc3c2CCN(c2cccc4cccc(Cl)c24)C3)CC1CC#N. The van der Waals surface area contributed by atoms with E-state index in [0.717, 1.165) is 70.9 Å². The molecule has 1 unspecified atom stereocenters. The molecule has 42 heavy (non-hydrogen) atoms. The highest BCUT2D eigenvalue weighted by Crippen LogP contribution is 2.37. The monoisotopic (exact) mass is 585 g/mol. The summed E-state index contributed by atoms with van der Waals surface area (Å²) in [6.45, 7) is 8.28. The topological polar surface area (TPSA) is 88.8 Å². The standard InChI is InChI=1S/C32H36ClN7O2/c1-3-29(41)40-18-17-39(19-23(40)12-14-34)31-25-13-16-38(28-11-5-8-22-7-4-10-26(33)30(22)28)20-27(25)35-32(36-31)42-21-24-9-6-15-37(24)2/h3-5,7-8,10-11,23-24H,1,6,9,12-13,15-21H2,2H3/t23?,24-/m0/s1. The number of halogens is 1. The average molecular weight is 586 g/mol. The van der Waals surface area contributed by atoms with Gasteiger partial charge in [0.15, 0.2) is 0 Å². The van der Waals surface area contributed by atoms with Crippen LogP contribution < -0.4 is 14.5 Å². The van der Waals surface area contributed by atoms with Gasteiger partial charge in [-0.3, -0.25) is 4.79 Å². The minimum atomic E-state index is -0.241. The maximum Gasteiger partial charge on any atom is 0.318 e. The second-order valence-electron chi connectivity index (χ2n) is 11.3.